The van der Waals surface area contributed by atoms with E-state index in [0.29, 0.717) is 12.1 Å². The standard InChI is InChI=1S/C15H23N5/c1-2-9-20-13(6-7-18-20)11-17-14-4-3-5-15(14)19-10-8-16-12-19/h6-8,10,12,14-15,17H,2-5,9,11H2,1H3. The Morgan fingerprint density at radius 3 is 3.10 bits per heavy atom. The summed E-state index contributed by atoms with van der Waals surface area (Å²) in [6.45, 7) is 4.08. The lowest BCUT2D eigenvalue weighted by Crippen LogP contribution is -2.33. The van der Waals surface area contributed by atoms with Crippen LogP contribution in [0.25, 0.3) is 0 Å². The summed E-state index contributed by atoms with van der Waals surface area (Å²) >= 11 is 0. The van der Waals surface area contributed by atoms with Crippen molar-refractivity contribution in [2.24, 2.45) is 0 Å². The van der Waals surface area contributed by atoms with Crippen molar-refractivity contribution in [1.29, 1.82) is 0 Å². The van der Waals surface area contributed by atoms with E-state index in [1.165, 1.54) is 25.0 Å². The lowest BCUT2D eigenvalue weighted by molar-refractivity contribution is 0.384. The highest BCUT2D eigenvalue weighted by Gasteiger charge is 2.27. The zero-order valence-corrected chi connectivity index (χ0v) is 12.1. The molecule has 1 saturated carbocycles. The van der Waals surface area contributed by atoms with Crippen molar-refractivity contribution in [3.05, 3.63) is 36.7 Å². The number of nitrogens with one attached hydrogen (secondary N) is 1. The Balaban J connectivity index is 1.61. The highest BCUT2D eigenvalue weighted by Crippen LogP contribution is 2.30. The van der Waals surface area contributed by atoms with Crippen molar-refractivity contribution in [2.45, 2.75) is 57.8 Å². The molecular weight excluding hydrogens is 250 g/mol. The molecule has 2 aromatic rings. The van der Waals surface area contributed by atoms with Crippen LogP contribution in [0.3, 0.4) is 0 Å². The molecule has 0 spiro atoms. The highest BCUT2D eigenvalue weighted by atomic mass is 15.3. The van der Waals surface area contributed by atoms with Gasteiger partial charge in [-0.05, 0) is 31.7 Å². The molecule has 2 heterocycles. The summed E-state index contributed by atoms with van der Waals surface area (Å²) < 4.78 is 4.35. The van der Waals surface area contributed by atoms with Gasteiger partial charge >= 0.3 is 0 Å². The molecule has 2 unspecified atom stereocenters. The first-order valence-electron chi connectivity index (χ1n) is 7.60. The molecule has 3 rings (SSSR count). The molecule has 1 aliphatic carbocycles. The van der Waals surface area contributed by atoms with E-state index in [2.05, 4.69) is 43.8 Å². The van der Waals surface area contributed by atoms with E-state index in [4.69, 9.17) is 0 Å². The SMILES string of the molecule is CCCn1nccc1CNC1CCCC1n1ccnc1. The van der Waals surface area contributed by atoms with Gasteiger partial charge in [-0.25, -0.2) is 4.98 Å². The number of nitrogens with zero attached hydrogens (tertiary/aromatic N) is 4. The molecule has 108 valence electrons. The fraction of sp³-hybridized carbons (Fsp3) is 0.600. The average Bonchev–Trinajstić information content (AvgIpc) is 3.18. The van der Waals surface area contributed by atoms with Gasteiger partial charge in [0.2, 0.25) is 0 Å². The third-order valence-corrected chi connectivity index (χ3v) is 4.17. The van der Waals surface area contributed by atoms with Gasteiger partial charge in [0, 0.05) is 43.8 Å². The van der Waals surface area contributed by atoms with Crippen LogP contribution in [0.15, 0.2) is 31.0 Å². The maximum Gasteiger partial charge on any atom is 0.0949 e. The van der Waals surface area contributed by atoms with E-state index in [0.717, 1.165) is 19.5 Å². The lowest BCUT2D eigenvalue weighted by Gasteiger charge is -2.22. The van der Waals surface area contributed by atoms with Gasteiger partial charge in [-0.3, -0.25) is 4.68 Å². The van der Waals surface area contributed by atoms with E-state index in [-0.39, 0.29) is 0 Å². The van der Waals surface area contributed by atoms with Crippen molar-refractivity contribution < 1.29 is 0 Å². The molecule has 5 heteroatoms. The summed E-state index contributed by atoms with van der Waals surface area (Å²) in [5.41, 5.74) is 1.28. The smallest absolute Gasteiger partial charge is 0.0949 e. The maximum absolute atomic E-state index is 4.38. The van der Waals surface area contributed by atoms with Crippen LogP contribution in [0, 0.1) is 0 Å². The van der Waals surface area contributed by atoms with Crippen LogP contribution in [-0.4, -0.2) is 25.4 Å². The van der Waals surface area contributed by atoms with Crippen molar-refractivity contribution >= 4 is 0 Å². The monoisotopic (exact) mass is 273 g/mol. The topological polar surface area (TPSA) is 47.7 Å². The van der Waals surface area contributed by atoms with E-state index in [9.17, 15) is 0 Å². The molecule has 0 aliphatic heterocycles. The number of hydrogen-bond donors (Lipinski definition) is 1. The van der Waals surface area contributed by atoms with Gasteiger partial charge in [0.15, 0.2) is 0 Å². The van der Waals surface area contributed by atoms with Crippen LogP contribution >= 0.6 is 0 Å². The van der Waals surface area contributed by atoms with Gasteiger partial charge in [-0.1, -0.05) is 6.92 Å². The zero-order chi connectivity index (χ0) is 13.8. The van der Waals surface area contributed by atoms with E-state index >= 15 is 0 Å². The van der Waals surface area contributed by atoms with Crippen molar-refractivity contribution in [2.75, 3.05) is 0 Å². The number of rotatable bonds is 6. The van der Waals surface area contributed by atoms with Crippen LogP contribution in [-0.2, 0) is 13.1 Å². The fourth-order valence-corrected chi connectivity index (χ4v) is 3.16. The van der Waals surface area contributed by atoms with Crippen LogP contribution in [0.5, 0.6) is 0 Å². The summed E-state index contributed by atoms with van der Waals surface area (Å²) in [6, 6.07) is 3.19. The number of aromatic nitrogens is 4. The first kappa shape index (κ1) is 13.4. The van der Waals surface area contributed by atoms with Crippen LogP contribution < -0.4 is 5.32 Å². The molecule has 20 heavy (non-hydrogen) atoms. The largest absolute Gasteiger partial charge is 0.333 e. The van der Waals surface area contributed by atoms with E-state index < -0.39 is 0 Å². The molecule has 0 saturated heterocycles. The summed E-state index contributed by atoms with van der Waals surface area (Å²) in [5.74, 6) is 0. The Labute approximate surface area is 120 Å². The first-order valence-corrected chi connectivity index (χ1v) is 7.60. The number of imidazole rings is 1. The van der Waals surface area contributed by atoms with Crippen molar-refractivity contribution in [3.63, 3.8) is 0 Å². The molecule has 0 bridgehead atoms. The molecule has 2 atom stereocenters. The van der Waals surface area contributed by atoms with Crippen LogP contribution in [0.2, 0.25) is 0 Å². The Morgan fingerprint density at radius 2 is 2.30 bits per heavy atom. The number of aryl methyl sites for hydroxylation is 1. The molecule has 0 amide bonds. The normalized spacial score (nSPS) is 22.4. The molecule has 0 radical (unpaired) electrons. The Hall–Kier alpha value is -1.62. The predicted molar refractivity (Wildman–Crippen MR) is 78.3 cm³/mol. The van der Waals surface area contributed by atoms with Gasteiger partial charge < -0.3 is 9.88 Å². The second-order valence-electron chi connectivity index (χ2n) is 5.54. The quantitative estimate of drug-likeness (QED) is 0.879. The van der Waals surface area contributed by atoms with E-state index in [1.807, 2.05) is 18.7 Å². The molecule has 1 aliphatic rings. The Morgan fingerprint density at radius 1 is 1.35 bits per heavy atom. The minimum atomic E-state index is 0.536. The highest BCUT2D eigenvalue weighted by molar-refractivity contribution is 5.01. The second-order valence-corrected chi connectivity index (χ2v) is 5.54. The average molecular weight is 273 g/mol. The summed E-state index contributed by atoms with van der Waals surface area (Å²) in [5, 5.41) is 8.09. The van der Waals surface area contributed by atoms with E-state index in [1.54, 1.807) is 0 Å². The molecule has 5 nitrogen and oxygen atoms in total. The summed E-state index contributed by atoms with van der Waals surface area (Å²) in [4.78, 5) is 4.17. The molecule has 1 N–H and O–H groups in total. The van der Waals surface area contributed by atoms with Gasteiger partial charge in [-0.15, -0.1) is 0 Å². The lowest BCUT2D eigenvalue weighted by atomic mass is 10.1. The van der Waals surface area contributed by atoms with Gasteiger partial charge in [-0.2, -0.15) is 5.10 Å². The zero-order valence-electron chi connectivity index (χ0n) is 12.1. The third-order valence-electron chi connectivity index (χ3n) is 4.17. The third kappa shape index (κ3) is 2.77. The molecular formula is C15H23N5. The van der Waals surface area contributed by atoms with Gasteiger partial charge in [0.1, 0.15) is 0 Å². The summed E-state index contributed by atoms with van der Waals surface area (Å²) in [6.07, 6.45) is 12.7. The minimum absolute atomic E-state index is 0.536. The van der Waals surface area contributed by atoms with Crippen molar-refractivity contribution in [1.82, 2.24) is 24.6 Å². The fourth-order valence-electron chi connectivity index (χ4n) is 3.16. The maximum atomic E-state index is 4.38. The number of hydrogen-bond acceptors (Lipinski definition) is 3. The second kappa shape index (κ2) is 6.22. The Kier molecular flexibility index (Phi) is 4.16. The van der Waals surface area contributed by atoms with Gasteiger partial charge in [0.05, 0.1) is 12.0 Å². The van der Waals surface area contributed by atoms with Crippen molar-refractivity contribution in [3.8, 4) is 0 Å². The molecule has 2 aromatic heterocycles. The summed E-state index contributed by atoms with van der Waals surface area (Å²) in [7, 11) is 0. The molecule has 0 aromatic carbocycles. The minimum Gasteiger partial charge on any atom is -0.333 e. The molecule has 1 fully saturated rings. The Bertz CT molecular complexity index is 516. The van der Waals surface area contributed by atoms with Crippen LogP contribution in [0.4, 0.5) is 0 Å². The van der Waals surface area contributed by atoms with Crippen LogP contribution in [0.1, 0.15) is 44.3 Å². The van der Waals surface area contributed by atoms with Gasteiger partial charge in [0.25, 0.3) is 0 Å². The first-order chi connectivity index (χ1) is 9.88. The predicted octanol–water partition coefficient (Wildman–Crippen LogP) is 2.37.